The third kappa shape index (κ3) is 6.53. The third-order valence-corrected chi connectivity index (χ3v) is 6.24. The average molecular weight is 481 g/mol. The van der Waals surface area contributed by atoms with Crippen LogP contribution in [0.3, 0.4) is 0 Å². The summed E-state index contributed by atoms with van der Waals surface area (Å²) in [4.78, 5) is 27.5. The molecule has 0 aromatic heterocycles. The van der Waals surface area contributed by atoms with Gasteiger partial charge in [-0.2, -0.15) is 0 Å². The molecule has 35 heavy (non-hydrogen) atoms. The Hall–Kier alpha value is -3.55. The Kier molecular flexibility index (Phi) is 9.11. The Bertz CT molecular complexity index is 1050. The molecule has 0 bridgehead atoms. The molecule has 2 aromatic rings. The molecule has 1 heterocycles. The fourth-order valence-electron chi connectivity index (χ4n) is 4.32. The first kappa shape index (κ1) is 26.1. The smallest absolute Gasteiger partial charge is 0.333 e. The van der Waals surface area contributed by atoms with E-state index in [1.165, 1.54) is 7.11 Å². The lowest BCUT2D eigenvalue weighted by molar-refractivity contribution is -0.141. The van der Waals surface area contributed by atoms with E-state index in [4.69, 9.17) is 20.6 Å². The van der Waals surface area contributed by atoms with Crippen molar-refractivity contribution in [3.05, 3.63) is 58.7 Å². The van der Waals surface area contributed by atoms with E-state index in [-0.39, 0.29) is 18.3 Å². The van der Waals surface area contributed by atoms with Crippen molar-refractivity contribution in [2.75, 3.05) is 32.1 Å². The first-order valence-corrected chi connectivity index (χ1v) is 12.2. The number of amidine groups is 1. The van der Waals surface area contributed by atoms with E-state index >= 15 is 0 Å². The molecule has 1 aliphatic rings. The lowest BCUT2D eigenvalue weighted by Crippen LogP contribution is -2.32. The molecule has 1 fully saturated rings. The molecule has 188 valence electrons. The number of nitrogens with zero attached hydrogens (tertiary/aromatic N) is 1. The molecule has 2 aromatic carbocycles. The molecule has 0 spiro atoms. The Labute approximate surface area is 207 Å². The van der Waals surface area contributed by atoms with Crippen LogP contribution in [0.2, 0.25) is 0 Å². The maximum atomic E-state index is 13.0. The number of benzene rings is 2. The van der Waals surface area contributed by atoms with Gasteiger partial charge in [-0.3, -0.25) is 10.2 Å². The van der Waals surface area contributed by atoms with Crippen molar-refractivity contribution in [1.82, 2.24) is 4.90 Å². The SMILES string of the molecule is CCCc1cc(CC)cc(C(Nc2ccc(C(=N)N)cc2)C(=O)OC)c1OCC(=O)N1CCCC1. The summed E-state index contributed by atoms with van der Waals surface area (Å²) in [5.41, 5.74) is 9.51. The Morgan fingerprint density at radius 3 is 2.40 bits per heavy atom. The lowest BCUT2D eigenvalue weighted by Gasteiger charge is -2.25. The van der Waals surface area contributed by atoms with E-state index < -0.39 is 12.0 Å². The summed E-state index contributed by atoms with van der Waals surface area (Å²) in [6.45, 7) is 5.59. The zero-order valence-electron chi connectivity index (χ0n) is 20.9. The molecule has 1 aliphatic heterocycles. The van der Waals surface area contributed by atoms with Gasteiger partial charge in [0, 0.05) is 29.9 Å². The van der Waals surface area contributed by atoms with Crippen LogP contribution in [-0.2, 0) is 27.2 Å². The number of esters is 1. The third-order valence-electron chi connectivity index (χ3n) is 6.24. The molecule has 8 nitrogen and oxygen atoms in total. The molecule has 3 rings (SSSR count). The fraction of sp³-hybridized carbons (Fsp3) is 0.444. The molecule has 0 saturated carbocycles. The number of methoxy groups -OCH3 is 1. The zero-order valence-corrected chi connectivity index (χ0v) is 20.9. The van der Waals surface area contributed by atoms with Crippen LogP contribution in [0.15, 0.2) is 36.4 Å². The number of amides is 1. The Balaban J connectivity index is 2.00. The number of hydrogen-bond acceptors (Lipinski definition) is 6. The minimum atomic E-state index is -0.845. The van der Waals surface area contributed by atoms with Gasteiger partial charge >= 0.3 is 5.97 Å². The van der Waals surface area contributed by atoms with Crippen molar-refractivity contribution in [2.45, 2.75) is 52.0 Å². The van der Waals surface area contributed by atoms with Gasteiger partial charge in [-0.05, 0) is 67.1 Å². The summed E-state index contributed by atoms with van der Waals surface area (Å²) in [6, 6.07) is 10.2. The van der Waals surface area contributed by atoms with Crippen molar-refractivity contribution in [1.29, 1.82) is 5.41 Å². The largest absolute Gasteiger partial charge is 0.483 e. The van der Waals surface area contributed by atoms with Gasteiger partial charge in [-0.1, -0.05) is 26.3 Å². The predicted octanol–water partition coefficient (Wildman–Crippen LogP) is 3.81. The average Bonchev–Trinajstić information content (AvgIpc) is 3.41. The van der Waals surface area contributed by atoms with Gasteiger partial charge in [0.25, 0.3) is 5.91 Å². The van der Waals surface area contributed by atoms with Crippen molar-refractivity contribution < 1.29 is 19.1 Å². The Morgan fingerprint density at radius 1 is 1.14 bits per heavy atom. The van der Waals surface area contributed by atoms with Gasteiger partial charge in [0.05, 0.1) is 7.11 Å². The summed E-state index contributed by atoms with van der Waals surface area (Å²) < 4.78 is 11.3. The summed E-state index contributed by atoms with van der Waals surface area (Å²) >= 11 is 0. The number of rotatable bonds is 11. The number of nitrogens with one attached hydrogen (secondary N) is 2. The van der Waals surface area contributed by atoms with E-state index in [0.717, 1.165) is 56.3 Å². The Morgan fingerprint density at radius 2 is 1.83 bits per heavy atom. The van der Waals surface area contributed by atoms with Crippen LogP contribution >= 0.6 is 0 Å². The van der Waals surface area contributed by atoms with Crippen LogP contribution in [0.4, 0.5) is 5.69 Å². The fourth-order valence-corrected chi connectivity index (χ4v) is 4.32. The summed E-state index contributed by atoms with van der Waals surface area (Å²) in [5.74, 6) is 0.0176. The predicted molar refractivity (Wildman–Crippen MR) is 137 cm³/mol. The molecular weight excluding hydrogens is 444 g/mol. The second kappa shape index (κ2) is 12.2. The highest BCUT2D eigenvalue weighted by Crippen LogP contribution is 2.35. The quantitative estimate of drug-likeness (QED) is 0.256. The van der Waals surface area contributed by atoms with Gasteiger partial charge in [0.2, 0.25) is 0 Å². The van der Waals surface area contributed by atoms with Crippen molar-refractivity contribution in [3.63, 3.8) is 0 Å². The molecular formula is C27H36N4O4. The van der Waals surface area contributed by atoms with Crippen molar-refractivity contribution >= 4 is 23.4 Å². The minimum absolute atomic E-state index is 0.0284. The number of likely N-dealkylation sites (tertiary alicyclic amines) is 1. The molecule has 4 N–H and O–H groups in total. The number of hydrogen-bond donors (Lipinski definition) is 3. The molecule has 1 atom stereocenters. The number of carbonyl (C=O) groups is 2. The second-order valence-corrected chi connectivity index (χ2v) is 8.74. The maximum Gasteiger partial charge on any atom is 0.333 e. The number of anilines is 1. The first-order valence-electron chi connectivity index (χ1n) is 12.2. The van der Waals surface area contributed by atoms with Crippen molar-refractivity contribution in [2.24, 2.45) is 5.73 Å². The number of carbonyl (C=O) groups excluding carboxylic acids is 2. The van der Waals surface area contributed by atoms with Crippen LogP contribution in [0.1, 0.15) is 61.4 Å². The second-order valence-electron chi connectivity index (χ2n) is 8.74. The zero-order chi connectivity index (χ0) is 25.4. The highest BCUT2D eigenvalue weighted by molar-refractivity contribution is 5.95. The van der Waals surface area contributed by atoms with Crippen molar-refractivity contribution in [3.8, 4) is 5.75 Å². The van der Waals surface area contributed by atoms with E-state index in [2.05, 4.69) is 25.2 Å². The van der Waals surface area contributed by atoms with Gasteiger partial charge in [-0.15, -0.1) is 0 Å². The van der Waals surface area contributed by atoms with Crippen LogP contribution in [0, 0.1) is 5.41 Å². The van der Waals surface area contributed by atoms with Gasteiger partial charge < -0.3 is 25.4 Å². The van der Waals surface area contributed by atoms with E-state index in [1.807, 2.05) is 11.0 Å². The summed E-state index contributed by atoms with van der Waals surface area (Å²) in [5, 5.41) is 10.8. The monoisotopic (exact) mass is 480 g/mol. The number of nitrogens with two attached hydrogens (primary N) is 1. The summed E-state index contributed by atoms with van der Waals surface area (Å²) in [6.07, 6.45) is 4.47. The highest BCUT2D eigenvalue weighted by atomic mass is 16.5. The molecule has 1 saturated heterocycles. The van der Waals surface area contributed by atoms with Gasteiger partial charge in [-0.25, -0.2) is 4.79 Å². The maximum absolute atomic E-state index is 13.0. The molecule has 1 amide bonds. The van der Waals surface area contributed by atoms with Crippen LogP contribution in [0.5, 0.6) is 5.75 Å². The summed E-state index contributed by atoms with van der Waals surface area (Å²) in [7, 11) is 1.35. The highest BCUT2D eigenvalue weighted by Gasteiger charge is 2.28. The van der Waals surface area contributed by atoms with E-state index in [1.54, 1.807) is 24.3 Å². The van der Waals surface area contributed by atoms with E-state index in [9.17, 15) is 9.59 Å². The first-order chi connectivity index (χ1) is 16.9. The number of nitrogen functional groups attached to an aromatic ring is 1. The minimum Gasteiger partial charge on any atom is -0.483 e. The van der Waals surface area contributed by atoms with Gasteiger partial charge in [0.1, 0.15) is 11.6 Å². The number of ether oxygens (including phenoxy) is 2. The topological polar surface area (TPSA) is 118 Å². The molecule has 1 unspecified atom stereocenters. The van der Waals surface area contributed by atoms with Crippen LogP contribution in [-0.4, -0.2) is 49.4 Å². The lowest BCUT2D eigenvalue weighted by atomic mass is 9.95. The van der Waals surface area contributed by atoms with Gasteiger partial charge in [0.15, 0.2) is 12.6 Å². The molecule has 8 heteroatoms. The molecule has 0 aliphatic carbocycles. The number of aryl methyl sites for hydroxylation is 2. The molecule has 0 radical (unpaired) electrons. The van der Waals surface area contributed by atoms with Crippen LogP contribution in [0.25, 0.3) is 0 Å². The van der Waals surface area contributed by atoms with E-state index in [0.29, 0.717) is 22.6 Å². The normalized spacial score (nSPS) is 13.9. The van der Waals surface area contributed by atoms with Crippen LogP contribution < -0.4 is 15.8 Å². The standard InChI is InChI=1S/C27H36N4O4/c1-4-8-20-15-18(5-2)16-22(25(20)35-17-23(32)31-13-6-7-14-31)24(27(33)34-3)30-21-11-9-19(10-12-21)26(28)29/h9-12,15-16,24,30H,4-8,13-14,17H2,1-3H3,(H3,28,29).